The quantitative estimate of drug-likeness (QED) is 0.635. The normalized spacial score (nSPS) is 12.1. The van der Waals surface area contributed by atoms with Gasteiger partial charge in [0.25, 0.3) is 0 Å². The van der Waals surface area contributed by atoms with E-state index in [-0.39, 0.29) is 21.5 Å². The van der Waals surface area contributed by atoms with Crippen molar-refractivity contribution >= 4 is 34.0 Å². The lowest BCUT2D eigenvalue weighted by Crippen LogP contribution is -2.10. The van der Waals surface area contributed by atoms with Gasteiger partial charge in [0.1, 0.15) is 15.6 Å². The zero-order chi connectivity index (χ0) is 14.9. The van der Waals surface area contributed by atoms with Crippen molar-refractivity contribution in [2.75, 3.05) is 12.4 Å². The van der Waals surface area contributed by atoms with Crippen LogP contribution in [0.5, 0.6) is 0 Å². The molecule has 0 aliphatic heterocycles. The van der Waals surface area contributed by atoms with Gasteiger partial charge in [-0.1, -0.05) is 18.3 Å². The molecule has 2 heterocycles. The van der Waals surface area contributed by atoms with Gasteiger partial charge in [0, 0.05) is 0 Å². The number of halogens is 3. The third-order valence-corrected chi connectivity index (χ3v) is 4.47. The van der Waals surface area contributed by atoms with E-state index in [1.54, 1.807) is 13.8 Å². The largest absolute Gasteiger partial charge is 0.462 e. The van der Waals surface area contributed by atoms with E-state index in [1.165, 1.54) is 0 Å². The maximum Gasteiger partial charge on any atom is 0.433 e. The van der Waals surface area contributed by atoms with Crippen LogP contribution in [0.2, 0.25) is 0 Å². The number of rotatable bonds is 4. The van der Waals surface area contributed by atoms with Crippen LogP contribution in [-0.2, 0) is 10.9 Å². The number of hydrogen-bond donors (Lipinski definition) is 0. The van der Waals surface area contributed by atoms with Gasteiger partial charge in [0.2, 0.25) is 0 Å². The van der Waals surface area contributed by atoms with Gasteiger partial charge in [-0.05, 0) is 12.7 Å². The average molecular weight is 324 g/mol. The molecule has 0 aromatic carbocycles. The second-order valence-corrected chi connectivity index (χ2v) is 5.88. The van der Waals surface area contributed by atoms with Crippen molar-refractivity contribution in [2.45, 2.75) is 25.0 Å². The molecule has 0 spiro atoms. The third-order valence-electron chi connectivity index (χ3n) is 2.35. The van der Waals surface area contributed by atoms with Gasteiger partial charge in [-0.2, -0.15) is 13.2 Å². The summed E-state index contributed by atoms with van der Waals surface area (Å²) in [6.07, 6.45) is -3.74. The molecule has 2 aromatic rings. The van der Waals surface area contributed by atoms with Crippen LogP contribution < -0.4 is 0 Å². The second kappa shape index (κ2) is 5.65. The Bertz CT molecular complexity index is 633. The summed E-state index contributed by atoms with van der Waals surface area (Å²) in [6, 6.07) is 0. The van der Waals surface area contributed by atoms with Crippen molar-refractivity contribution in [3.8, 4) is 0 Å². The van der Waals surface area contributed by atoms with E-state index in [1.807, 2.05) is 0 Å². The molecule has 0 N–H and O–H groups in total. The number of esters is 1. The van der Waals surface area contributed by atoms with Crippen molar-refractivity contribution < 1.29 is 22.7 Å². The molecule has 20 heavy (non-hydrogen) atoms. The number of fused-ring (bicyclic) bond motifs is 1. The Morgan fingerprint density at radius 1 is 1.50 bits per heavy atom. The number of hydrogen-bond acceptors (Lipinski definition) is 5. The van der Waals surface area contributed by atoms with E-state index in [2.05, 4.69) is 4.98 Å². The SMILES string of the molecule is CCOC(=O)c1sc2ncc(C(F)(F)F)n2c1SCC. The first kappa shape index (κ1) is 15.2. The molecule has 0 atom stereocenters. The van der Waals surface area contributed by atoms with Crippen LogP contribution in [0.15, 0.2) is 11.2 Å². The van der Waals surface area contributed by atoms with Gasteiger partial charge in [0.15, 0.2) is 4.96 Å². The summed E-state index contributed by atoms with van der Waals surface area (Å²) < 4.78 is 44.7. The Hall–Kier alpha value is -1.22. The van der Waals surface area contributed by atoms with Crippen LogP contribution in [0.25, 0.3) is 4.96 Å². The molecule has 0 aliphatic carbocycles. The van der Waals surface area contributed by atoms with Gasteiger partial charge < -0.3 is 4.74 Å². The van der Waals surface area contributed by atoms with Crippen molar-refractivity contribution in [3.05, 3.63) is 16.8 Å². The molecule has 0 saturated heterocycles. The molecule has 0 saturated carbocycles. The van der Waals surface area contributed by atoms with Crippen molar-refractivity contribution in [1.82, 2.24) is 9.38 Å². The highest BCUT2D eigenvalue weighted by molar-refractivity contribution is 7.99. The summed E-state index contributed by atoms with van der Waals surface area (Å²) in [7, 11) is 0. The lowest BCUT2D eigenvalue weighted by Gasteiger charge is -2.07. The lowest BCUT2D eigenvalue weighted by atomic mass is 10.4. The van der Waals surface area contributed by atoms with E-state index in [0.717, 1.165) is 33.7 Å². The van der Waals surface area contributed by atoms with E-state index in [4.69, 9.17) is 4.74 Å². The third kappa shape index (κ3) is 2.64. The summed E-state index contributed by atoms with van der Waals surface area (Å²) in [5, 5.41) is 0.232. The first-order valence-electron chi connectivity index (χ1n) is 5.77. The number of thioether (sulfide) groups is 1. The van der Waals surface area contributed by atoms with Crippen LogP contribution in [0, 0.1) is 0 Å². The van der Waals surface area contributed by atoms with Crippen LogP contribution in [0.1, 0.15) is 29.2 Å². The zero-order valence-corrected chi connectivity index (χ0v) is 12.3. The molecular formula is C11H11F3N2O2S2. The highest BCUT2D eigenvalue weighted by Gasteiger charge is 2.37. The summed E-state index contributed by atoms with van der Waals surface area (Å²) >= 11 is 2.07. The predicted octanol–water partition coefficient (Wildman–Crippen LogP) is 3.70. The maximum atomic E-state index is 12.9. The van der Waals surface area contributed by atoms with Crippen molar-refractivity contribution in [3.63, 3.8) is 0 Å². The fourth-order valence-corrected chi connectivity index (χ4v) is 3.68. The highest BCUT2D eigenvalue weighted by atomic mass is 32.2. The smallest absolute Gasteiger partial charge is 0.433 e. The Morgan fingerprint density at radius 3 is 2.75 bits per heavy atom. The van der Waals surface area contributed by atoms with E-state index in [9.17, 15) is 18.0 Å². The van der Waals surface area contributed by atoms with E-state index < -0.39 is 17.8 Å². The number of nitrogens with zero attached hydrogens (tertiary/aromatic N) is 2. The number of alkyl halides is 3. The summed E-state index contributed by atoms with van der Waals surface area (Å²) in [5.41, 5.74) is -0.879. The molecule has 4 nitrogen and oxygen atoms in total. The molecule has 110 valence electrons. The number of thiazole rings is 1. The van der Waals surface area contributed by atoms with E-state index >= 15 is 0 Å². The first-order valence-corrected chi connectivity index (χ1v) is 7.57. The summed E-state index contributed by atoms with van der Waals surface area (Å²) in [4.78, 5) is 15.8. The minimum Gasteiger partial charge on any atom is -0.462 e. The molecule has 0 amide bonds. The zero-order valence-electron chi connectivity index (χ0n) is 10.7. The number of carbonyl (C=O) groups is 1. The first-order chi connectivity index (χ1) is 9.40. The summed E-state index contributed by atoms with van der Waals surface area (Å²) in [6.45, 7) is 3.61. The van der Waals surface area contributed by atoms with Crippen LogP contribution in [0.4, 0.5) is 13.2 Å². The molecule has 0 aliphatic rings. The molecule has 2 aromatic heterocycles. The fourth-order valence-electron chi connectivity index (χ4n) is 1.63. The predicted molar refractivity (Wildman–Crippen MR) is 70.4 cm³/mol. The van der Waals surface area contributed by atoms with E-state index in [0.29, 0.717) is 5.75 Å². The van der Waals surface area contributed by atoms with Gasteiger partial charge in [-0.15, -0.1) is 11.8 Å². The number of ether oxygens (including phenoxy) is 1. The fraction of sp³-hybridized carbons (Fsp3) is 0.455. The monoisotopic (exact) mass is 324 g/mol. The Kier molecular flexibility index (Phi) is 4.28. The molecule has 9 heteroatoms. The van der Waals surface area contributed by atoms with Crippen LogP contribution >= 0.6 is 23.1 Å². The van der Waals surface area contributed by atoms with Gasteiger partial charge in [-0.25, -0.2) is 9.78 Å². The van der Waals surface area contributed by atoms with Crippen LogP contribution in [-0.4, -0.2) is 27.7 Å². The standard InChI is InChI=1S/C11H11F3N2O2S2/c1-3-18-9(17)7-8(19-4-2)16-6(11(12,13)14)5-15-10(16)20-7/h5H,3-4H2,1-2H3. The molecular weight excluding hydrogens is 313 g/mol. The Morgan fingerprint density at radius 2 is 2.20 bits per heavy atom. The van der Waals surface area contributed by atoms with Gasteiger partial charge in [0.05, 0.1) is 12.8 Å². The maximum absolute atomic E-state index is 12.9. The minimum atomic E-state index is -4.52. The molecule has 0 bridgehead atoms. The second-order valence-electron chi connectivity index (χ2n) is 3.65. The van der Waals surface area contributed by atoms with Gasteiger partial charge >= 0.3 is 12.1 Å². The van der Waals surface area contributed by atoms with Crippen molar-refractivity contribution in [2.24, 2.45) is 0 Å². The molecule has 0 fully saturated rings. The summed E-state index contributed by atoms with van der Waals surface area (Å²) in [5.74, 6) is -0.0830. The Balaban J connectivity index is 2.63. The number of aromatic nitrogens is 2. The van der Waals surface area contributed by atoms with Gasteiger partial charge in [-0.3, -0.25) is 4.40 Å². The lowest BCUT2D eigenvalue weighted by molar-refractivity contribution is -0.142. The number of carbonyl (C=O) groups excluding carboxylic acids is 1. The minimum absolute atomic E-state index is 0.135. The topological polar surface area (TPSA) is 43.6 Å². The molecule has 2 rings (SSSR count). The van der Waals surface area contributed by atoms with Crippen molar-refractivity contribution in [1.29, 1.82) is 0 Å². The molecule has 0 radical (unpaired) electrons. The molecule has 0 unspecified atom stereocenters. The highest BCUT2D eigenvalue weighted by Crippen LogP contribution is 2.38. The number of imidazole rings is 1. The Labute approximate surface area is 120 Å². The average Bonchev–Trinajstić information content (AvgIpc) is 2.89. The van der Waals surface area contributed by atoms with Crippen LogP contribution in [0.3, 0.4) is 0 Å².